The SMILES string of the molecule is CCCCCCCCCC(=O)O[C@@H]1CCN(CC#CCN2CCCC2)C1=O. The molecule has 2 rings (SSSR count). The standard InChI is InChI=1S/C22H36N2O3/c1-2-3-4-5-6-7-8-13-21(25)27-20-14-19-24(22(20)26)18-12-11-17-23-15-9-10-16-23/h20H,2-10,13-19H2,1H3/t20-/m1/s1. The summed E-state index contributed by atoms with van der Waals surface area (Å²) >= 11 is 0. The first-order valence-electron chi connectivity index (χ1n) is 10.9. The van der Waals surface area contributed by atoms with Gasteiger partial charge in [-0.15, -0.1) is 0 Å². The number of esters is 1. The zero-order chi connectivity index (χ0) is 19.3. The lowest BCUT2D eigenvalue weighted by atomic mass is 10.1. The molecule has 0 aliphatic carbocycles. The average molecular weight is 377 g/mol. The molecular weight excluding hydrogens is 340 g/mol. The van der Waals surface area contributed by atoms with E-state index in [1.807, 2.05) is 0 Å². The molecule has 2 fully saturated rings. The highest BCUT2D eigenvalue weighted by molar-refractivity contribution is 5.85. The summed E-state index contributed by atoms with van der Waals surface area (Å²) in [7, 11) is 0. The number of hydrogen-bond acceptors (Lipinski definition) is 4. The van der Waals surface area contributed by atoms with Crippen LogP contribution in [0.2, 0.25) is 0 Å². The summed E-state index contributed by atoms with van der Waals surface area (Å²) in [5, 5.41) is 0. The predicted octanol–water partition coefficient (Wildman–Crippen LogP) is 3.37. The first-order chi connectivity index (χ1) is 13.2. The van der Waals surface area contributed by atoms with Gasteiger partial charge in [0.15, 0.2) is 6.10 Å². The zero-order valence-corrected chi connectivity index (χ0v) is 17.0. The lowest BCUT2D eigenvalue weighted by molar-refractivity contribution is -0.156. The van der Waals surface area contributed by atoms with Crippen molar-refractivity contribution in [2.45, 2.75) is 83.7 Å². The van der Waals surface area contributed by atoms with Gasteiger partial charge in [0.05, 0.1) is 13.1 Å². The molecule has 2 aliphatic heterocycles. The van der Waals surface area contributed by atoms with Crippen molar-refractivity contribution < 1.29 is 14.3 Å². The largest absolute Gasteiger partial charge is 0.452 e. The minimum atomic E-state index is -0.595. The van der Waals surface area contributed by atoms with Crippen LogP contribution in [-0.4, -0.2) is 60.5 Å². The maximum atomic E-state index is 12.3. The summed E-state index contributed by atoms with van der Waals surface area (Å²) in [6.07, 6.45) is 11.1. The molecule has 2 aliphatic rings. The number of likely N-dealkylation sites (tertiary alicyclic amines) is 2. The van der Waals surface area contributed by atoms with E-state index < -0.39 is 6.10 Å². The van der Waals surface area contributed by atoms with Crippen LogP contribution in [0.4, 0.5) is 0 Å². The number of carbonyl (C=O) groups excluding carboxylic acids is 2. The predicted molar refractivity (Wildman–Crippen MR) is 107 cm³/mol. The maximum Gasteiger partial charge on any atom is 0.306 e. The van der Waals surface area contributed by atoms with E-state index in [4.69, 9.17) is 4.74 Å². The van der Waals surface area contributed by atoms with Crippen molar-refractivity contribution >= 4 is 11.9 Å². The quantitative estimate of drug-likeness (QED) is 0.315. The van der Waals surface area contributed by atoms with Gasteiger partial charge in [0.2, 0.25) is 0 Å². The Morgan fingerprint density at radius 3 is 2.41 bits per heavy atom. The number of ether oxygens (including phenoxy) is 1. The molecule has 2 heterocycles. The third kappa shape index (κ3) is 8.34. The van der Waals surface area contributed by atoms with Crippen LogP contribution in [0.25, 0.3) is 0 Å². The van der Waals surface area contributed by atoms with Crippen LogP contribution in [0.1, 0.15) is 77.6 Å². The Hall–Kier alpha value is -1.54. The Balaban J connectivity index is 1.56. The second-order valence-electron chi connectivity index (χ2n) is 7.74. The van der Waals surface area contributed by atoms with Gasteiger partial charge in [0, 0.05) is 19.4 Å². The second kappa shape index (κ2) is 12.8. The molecule has 0 aromatic heterocycles. The third-order valence-electron chi connectivity index (χ3n) is 5.40. The molecule has 2 saturated heterocycles. The molecule has 5 heteroatoms. The van der Waals surface area contributed by atoms with Gasteiger partial charge in [0.25, 0.3) is 5.91 Å². The normalized spacial score (nSPS) is 20.0. The van der Waals surface area contributed by atoms with Crippen LogP contribution in [0, 0.1) is 11.8 Å². The molecule has 0 unspecified atom stereocenters. The molecule has 0 saturated carbocycles. The fraction of sp³-hybridized carbons (Fsp3) is 0.818. The highest BCUT2D eigenvalue weighted by Gasteiger charge is 2.33. The number of unbranched alkanes of at least 4 members (excludes halogenated alkanes) is 6. The summed E-state index contributed by atoms with van der Waals surface area (Å²) in [6, 6.07) is 0. The number of carbonyl (C=O) groups is 2. The van der Waals surface area contributed by atoms with E-state index in [0.29, 0.717) is 25.9 Å². The van der Waals surface area contributed by atoms with E-state index >= 15 is 0 Å². The second-order valence-corrected chi connectivity index (χ2v) is 7.74. The third-order valence-corrected chi connectivity index (χ3v) is 5.40. The van der Waals surface area contributed by atoms with Crippen molar-refractivity contribution in [3.8, 4) is 11.8 Å². The molecule has 5 nitrogen and oxygen atoms in total. The molecule has 0 aromatic rings. The Kier molecular flexibility index (Phi) is 10.3. The minimum absolute atomic E-state index is 0.0848. The maximum absolute atomic E-state index is 12.3. The van der Waals surface area contributed by atoms with Crippen molar-refractivity contribution in [3.05, 3.63) is 0 Å². The molecule has 152 valence electrons. The number of amides is 1. The van der Waals surface area contributed by atoms with Crippen LogP contribution in [0.3, 0.4) is 0 Å². The molecule has 0 radical (unpaired) electrons. The summed E-state index contributed by atoms with van der Waals surface area (Å²) in [5.74, 6) is 5.93. The van der Waals surface area contributed by atoms with E-state index in [2.05, 4.69) is 23.7 Å². The molecule has 0 spiro atoms. The van der Waals surface area contributed by atoms with E-state index in [9.17, 15) is 9.59 Å². The Morgan fingerprint density at radius 2 is 1.67 bits per heavy atom. The van der Waals surface area contributed by atoms with Crippen molar-refractivity contribution in [2.75, 3.05) is 32.7 Å². The van der Waals surface area contributed by atoms with Gasteiger partial charge in [-0.05, 0) is 32.4 Å². The van der Waals surface area contributed by atoms with Crippen molar-refractivity contribution in [2.24, 2.45) is 0 Å². The smallest absolute Gasteiger partial charge is 0.306 e. The van der Waals surface area contributed by atoms with Crippen LogP contribution >= 0.6 is 0 Å². The van der Waals surface area contributed by atoms with Gasteiger partial charge in [-0.2, -0.15) is 0 Å². The topological polar surface area (TPSA) is 49.9 Å². The first kappa shape index (κ1) is 21.8. The average Bonchev–Trinajstić information content (AvgIpc) is 3.29. The number of hydrogen-bond donors (Lipinski definition) is 0. The van der Waals surface area contributed by atoms with Crippen LogP contribution in [0.15, 0.2) is 0 Å². The lowest BCUT2D eigenvalue weighted by Crippen LogP contribution is -2.32. The van der Waals surface area contributed by atoms with Crippen molar-refractivity contribution in [3.63, 3.8) is 0 Å². The molecule has 27 heavy (non-hydrogen) atoms. The first-order valence-corrected chi connectivity index (χ1v) is 10.9. The Bertz CT molecular complexity index is 517. The molecule has 1 amide bonds. The highest BCUT2D eigenvalue weighted by atomic mass is 16.5. The van der Waals surface area contributed by atoms with E-state index in [1.165, 1.54) is 44.9 Å². The summed E-state index contributed by atoms with van der Waals surface area (Å²) in [6.45, 7) is 6.34. The van der Waals surface area contributed by atoms with Gasteiger partial charge in [0.1, 0.15) is 0 Å². The van der Waals surface area contributed by atoms with Crippen LogP contribution in [-0.2, 0) is 14.3 Å². The highest BCUT2D eigenvalue weighted by Crippen LogP contribution is 2.16. The van der Waals surface area contributed by atoms with Crippen molar-refractivity contribution in [1.82, 2.24) is 9.80 Å². The molecule has 0 bridgehead atoms. The van der Waals surface area contributed by atoms with Crippen molar-refractivity contribution in [1.29, 1.82) is 0 Å². The fourth-order valence-corrected chi connectivity index (χ4v) is 3.68. The number of rotatable bonds is 11. The summed E-state index contributed by atoms with van der Waals surface area (Å²) < 4.78 is 5.40. The van der Waals surface area contributed by atoms with Crippen LogP contribution in [0.5, 0.6) is 0 Å². The monoisotopic (exact) mass is 376 g/mol. The van der Waals surface area contributed by atoms with E-state index in [1.54, 1.807) is 4.90 Å². The van der Waals surface area contributed by atoms with Gasteiger partial charge in [-0.3, -0.25) is 14.5 Å². The van der Waals surface area contributed by atoms with E-state index in [-0.39, 0.29) is 11.9 Å². The molecule has 1 atom stereocenters. The molecular formula is C22H36N2O3. The van der Waals surface area contributed by atoms with Gasteiger partial charge in [-0.25, -0.2) is 0 Å². The molecule has 0 aromatic carbocycles. The minimum Gasteiger partial charge on any atom is -0.452 e. The van der Waals surface area contributed by atoms with Gasteiger partial charge in [-0.1, -0.05) is 57.3 Å². The van der Waals surface area contributed by atoms with Gasteiger partial charge >= 0.3 is 5.97 Å². The van der Waals surface area contributed by atoms with Crippen LogP contribution < -0.4 is 0 Å². The summed E-state index contributed by atoms with van der Waals surface area (Å²) in [5.41, 5.74) is 0. The lowest BCUT2D eigenvalue weighted by Gasteiger charge is -2.14. The number of nitrogens with zero attached hydrogens (tertiary/aromatic N) is 2. The van der Waals surface area contributed by atoms with E-state index in [0.717, 1.165) is 32.5 Å². The Labute approximate surface area is 164 Å². The fourth-order valence-electron chi connectivity index (χ4n) is 3.68. The Morgan fingerprint density at radius 1 is 1.00 bits per heavy atom. The summed E-state index contributed by atoms with van der Waals surface area (Å²) in [4.78, 5) is 28.4. The molecule has 0 N–H and O–H groups in total. The zero-order valence-electron chi connectivity index (χ0n) is 17.0. The van der Waals surface area contributed by atoms with Gasteiger partial charge < -0.3 is 9.64 Å².